The SMILES string of the molecule is CCc1nc2ccc(Cl)cn2c1C(=O)NCc1ccc(N2CCC(c3ccc(OC(F)(F)F)cc3)CC2)cc1.OC1(c2ccc(F)cc2)CCN(c2ccc(Nc3ncnc4ccccc34)cc2)CC1. The number of aromatic nitrogens is 4. The van der Waals surface area contributed by atoms with E-state index in [-0.39, 0.29) is 23.4 Å². The van der Waals surface area contributed by atoms with E-state index in [0.29, 0.717) is 42.2 Å². The third-order valence-corrected chi connectivity index (χ3v) is 13.3. The largest absolute Gasteiger partial charge is 0.573 e. The number of amides is 1. The first kappa shape index (κ1) is 47.8. The number of pyridine rings is 1. The van der Waals surface area contributed by atoms with Gasteiger partial charge in [-0.2, -0.15) is 0 Å². The lowest BCUT2D eigenvalue weighted by Gasteiger charge is -2.39. The third kappa shape index (κ3) is 11.3. The van der Waals surface area contributed by atoms with Gasteiger partial charge in [0.15, 0.2) is 0 Å². The fraction of sp³-hybridized carbons (Fsp3) is 0.259. The molecule has 8 aromatic rings. The van der Waals surface area contributed by atoms with Crippen LogP contribution in [0.3, 0.4) is 0 Å². The summed E-state index contributed by atoms with van der Waals surface area (Å²) < 4.78 is 56.1. The number of benzene rings is 5. The highest BCUT2D eigenvalue weighted by atomic mass is 35.5. The van der Waals surface area contributed by atoms with Gasteiger partial charge in [-0.25, -0.2) is 19.3 Å². The minimum atomic E-state index is -4.68. The number of hydrogen-bond donors (Lipinski definition) is 3. The van der Waals surface area contributed by atoms with Crippen LogP contribution in [0, 0.1) is 5.82 Å². The van der Waals surface area contributed by atoms with Crippen molar-refractivity contribution >= 4 is 56.9 Å². The Bertz CT molecular complexity index is 3040. The Labute approximate surface area is 407 Å². The van der Waals surface area contributed by atoms with Crippen molar-refractivity contribution in [3.05, 3.63) is 185 Å². The Morgan fingerprint density at radius 2 is 1.47 bits per heavy atom. The van der Waals surface area contributed by atoms with Gasteiger partial charge in [0.1, 0.15) is 35.1 Å². The van der Waals surface area contributed by atoms with Gasteiger partial charge in [-0.3, -0.25) is 9.20 Å². The summed E-state index contributed by atoms with van der Waals surface area (Å²) in [6.07, 6.45) is 2.22. The average molecular weight is 971 g/mol. The number of fused-ring (bicyclic) bond motifs is 2. The Hall–Kier alpha value is -7.23. The minimum absolute atomic E-state index is 0.200. The number of carbonyl (C=O) groups is 1. The van der Waals surface area contributed by atoms with Crippen LogP contribution >= 0.6 is 11.6 Å². The number of piperidine rings is 2. The predicted molar refractivity (Wildman–Crippen MR) is 266 cm³/mol. The summed E-state index contributed by atoms with van der Waals surface area (Å²) in [7, 11) is 0. The van der Waals surface area contributed by atoms with Crippen LogP contribution in [0.15, 0.2) is 146 Å². The van der Waals surface area contributed by atoms with E-state index in [1.54, 1.807) is 53.3 Å². The zero-order valence-corrected chi connectivity index (χ0v) is 39.1. The Kier molecular flexibility index (Phi) is 14.2. The Morgan fingerprint density at radius 3 is 2.14 bits per heavy atom. The van der Waals surface area contributed by atoms with Crippen molar-refractivity contribution in [2.45, 2.75) is 63.5 Å². The molecule has 0 atom stereocenters. The molecule has 16 heteroatoms. The average Bonchev–Trinajstić information content (AvgIpc) is 3.74. The second kappa shape index (κ2) is 20.8. The Morgan fingerprint density at radius 1 is 0.814 bits per heavy atom. The highest BCUT2D eigenvalue weighted by Crippen LogP contribution is 2.36. The number of nitrogens with zero attached hydrogens (tertiary/aromatic N) is 6. The van der Waals surface area contributed by atoms with Crippen molar-refractivity contribution in [3.63, 3.8) is 0 Å². The lowest BCUT2D eigenvalue weighted by molar-refractivity contribution is -0.274. The number of para-hydroxylation sites is 1. The number of carbonyl (C=O) groups excluding carboxylic acids is 1. The van der Waals surface area contributed by atoms with Crippen molar-refractivity contribution in [1.82, 2.24) is 24.7 Å². The molecule has 2 fully saturated rings. The molecule has 0 bridgehead atoms. The molecule has 0 aliphatic carbocycles. The maximum atomic E-state index is 13.2. The monoisotopic (exact) mass is 970 g/mol. The molecule has 70 heavy (non-hydrogen) atoms. The molecule has 5 aromatic carbocycles. The van der Waals surface area contributed by atoms with Crippen molar-refractivity contribution < 1.29 is 32.2 Å². The van der Waals surface area contributed by atoms with Crippen LogP contribution in [0.2, 0.25) is 5.02 Å². The summed E-state index contributed by atoms with van der Waals surface area (Å²) in [5, 5.41) is 18.9. The summed E-state index contributed by atoms with van der Waals surface area (Å²) in [4.78, 5) is 30.8. The molecule has 5 heterocycles. The molecule has 2 saturated heterocycles. The van der Waals surface area contributed by atoms with Gasteiger partial charge in [0, 0.05) is 61.4 Å². The minimum Gasteiger partial charge on any atom is -0.406 e. The first-order valence-corrected chi connectivity index (χ1v) is 23.6. The molecule has 360 valence electrons. The molecule has 0 spiro atoms. The zero-order chi connectivity index (χ0) is 48.8. The molecule has 1 amide bonds. The van der Waals surface area contributed by atoms with E-state index >= 15 is 0 Å². The maximum absolute atomic E-state index is 13.2. The highest BCUT2D eigenvalue weighted by Gasteiger charge is 2.34. The zero-order valence-electron chi connectivity index (χ0n) is 38.3. The Balaban J connectivity index is 0.000000178. The van der Waals surface area contributed by atoms with E-state index in [0.717, 1.165) is 95.2 Å². The lowest BCUT2D eigenvalue weighted by atomic mass is 9.84. The van der Waals surface area contributed by atoms with Crippen LogP contribution in [-0.4, -0.2) is 62.9 Å². The van der Waals surface area contributed by atoms with Crippen LogP contribution in [0.25, 0.3) is 16.6 Å². The number of nitrogens with one attached hydrogen (secondary N) is 2. The molecule has 10 rings (SSSR count). The number of hydrogen-bond acceptors (Lipinski definition) is 9. The smallest absolute Gasteiger partial charge is 0.406 e. The number of aliphatic hydroxyl groups is 1. The number of ether oxygens (including phenoxy) is 1. The topological polar surface area (TPSA) is 120 Å². The molecule has 0 saturated carbocycles. The van der Waals surface area contributed by atoms with Gasteiger partial charge in [0.2, 0.25) is 0 Å². The predicted octanol–water partition coefficient (Wildman–Crippen LogP) is 11.8. The van der Waals surface area contributed by atoms with Crippen molar-refractivity contribution in [2.75, 3.05) is 41.3 Å². The molecular formula is C54H51ClF4N8O3. The summed E-state index contributed by atoms with van der Waals surface area (Å²) in [6, 6.07) is 40.2. The number of halogens is 5. The first-order chi connectivity index (χ1) is 33.8. The molecule has 0 radical (unpaired) electrons. The number of aryl methyl sites for hydroxylation is 1. The van der Waals surface area contributed by atoms with Gasteiger partial charge in [-0.1, -0.05) is 67.1 Å². The number of rotatable bonds is 11. The lowest BCUT2D eigenvalue weighted by Crippen LogP contribution is -2.42. The summed E-state index contributed by atoms with van der Waals surface area (Å²) in [5.74, 6) is 0.381. The van der Waals surface area contributed by atoms with Gasteiger partial charge in [-0.05, 0) is 140 Å². The summed E-state index contributed by atoms with van der Waals surface area (Å²) in [6.45, 7) is 5.50. The van der Waals surface area contributed by atoms with E-state index < -0.39 is 12.0 Å². The standard InChI is InChI=1S/C29H28ClF3N4O2.C25H23FN4O/c1-2-25-27(37-18-22(30)7-12-26(37)35-25)28(38)34-17-19-3-8-23(9-4-19)36-15-13-21(14-16-36)20-5-10-24(11-6-20)39-29(31,32)33;26-19-7-5-18(6-8-19)25(31)13-15-30(16-14-25)21-11-9-20(10-12-21)29-24-22-3-1-2-4-23(22)27-17-28-24/h3-12,18,21H,2,13-17H2,1H3,(H,34,38);1-12,17,31H,13-16H2,(H,27,28,29). The molecular weight excluding hydrogens is 920 g/mol. The fourth-order valence-electron chi connectivity index (χ4n) is 9.24. The normalized spacial score (nSPS) is 15.1. The van der Waals surface area contributed by atoms with Gasteiger partial charge >= 0.3 is 6.36 Å². The van der Waals surface area contributed by atoms with Crippen molar-refractivity contribution in [1.29, 1.82) is 0 Å². The van der Waals surface area contributed by atoms with Crippen molar-refractivity contribution in [2.24, 2.45) is 0 Å². The van der Waals surface area contributed by atoms with Crippen LogP contribution in [-0.2, 0) is 18.6 Å². The van der Waals surface area contributed by atoms with E-state index in [1.807, 2.05) is 55.5 Å². The molecule has 11 nitrogen and oxygen atoms in total. The second-order valence-electron chi connectivity index (χ2n) is 17.5. The summed E-state index contributed by atoms with van der Waals surface area (Å²) in [5.41, 5.74) is 7.85. The van der Waals surface area contributed by atoms with Crippen LogP contribution in [0.4, 0.5) is 40.4 Å². The van der Waals surface area contributed by atoms with Gasteiger partial charge in [0.25, 0.3) is 5.91 Å². The highest BCUT2D eigenvalue weighted by molar-refractivity contribution is 6.30. The van der Waals surface area contributed by atoms with Crippen LogP contribution in [0.1, 0.15) is 71.4 Å². The molecule has 2 aliphatic heterocycles. The van der Waals surface area contributed by atoms with E-state index in [9.17, 15) is 27.5 Å². The molecule has 0 unspecified atom stereocenters. The van der Waals surface area contributed by atoms with Gasteiger partial charge in [0.05, 0.1) is 21.8 Å². The van der Waals surface area contributed by atoms with E-state index in [2.05, 4.69) is 64.4 Å². The van der Waals surface area contributed by atoms with Gasteiger partial charge < -0.3 is 30.3 Å². The van der Waals surface area contributed by atoms with E-state index in [4.69, 9.17) is 11.6 Å². The van der Waals surface area contributed by atoms with Gasteiger partial charge in [-0.15, -0.1) is 13.2 Å². The number of imidazole rings is 1. The molecule has 3 aromatic heterocycles. The maximum Gasteiger partial charge on any atom is 0.573 e. The third-order valence-electron chi connectivity index (χ3n) is 13.0. The van der Waals surface area contributed by atoms with E-state index in [1.165, 1.54) is 24.3 Å². The first-order valence-electron chi connectivity index (χ1n) is 23.3. The number of anilines is 4. The summed E-state index contributed by atoms with van der Waals surface area (Å²) >= 11 is 6.14. The fourth-order valence-corrected chi connectivity index (χ4v) is 9.40. The quantitative estimate of drug-likeness (QED) is 0.109. The molecule has 3 N–H and O–H groups in total. The number of alkyl halides is 3. The molecule has 2 aliphatic rings. The second-order valence-corrected chi connectivity index (χ2v) is 17.9. The van der Waals surface area contributed by atoms with Crippen LogP contribution < -0.4 is 25.2 Å². The van der Waals surface area contributed by atoms with Crippen molar-refractivity contribution in [3.8, 4) is 5.75 Å². The van der Waals surface area contributed by atoms with Crippen LogP contribution in [0.5, 0.6) is 5.75 Å².